The smallest absolute Gasteiger partial charge is 0.290 e. The van der Waals surface area contributed by atoms with E-state index in [9.17, 15) is 9.18 Å². The highest BCUT2D eigenvalue weighted by Gasteiger charge is 2.38. The predicted molar refractivity (Wildman–Crippen MR) is 111 cm³/mol. The number of ether oxygens (including phenoxy) is 1. The van der Waals surface area contributed by atoms with Gasteiger partial charge in [-0.25, -0.2) is 14.4 Å². The summed E-state index contributed by atoms with van der Waals surface area (Å²) in [6.45, 7) is 3.13. The second-order valence-corrected chi connectivity index (χ2v) is 6.94. The van der Waals surface area contributed by atoms with Crippen molar-refractivity contribution in [3.05, 3.63) is 24.3 Å². The van der Waals surface area contributed by atoms with Gasteiger partial charge in [0.1, 0.15) is 6.61 Å². The Morgan fingerprint density at radius 1 is 1.26 bits per heavy atom. The van der Waals surface area contributed by atoms with Gasteiger partial charge in [-0.05, 0) is 12.8 Å². The van der Waals surface area contributed by atoms with Gasteiger partial charge < -0.3 is 30.5 Å². The summed E-state index contributed by atoms with van der Waals surface area (Å²) in [5.74, 6) is 1.22. The summed E-state index contributed by atoms with van der Waals surface area (Å²) in [7, 11) is 3.58. The van der Waals surface area contributed by atoms with E-state index in [-0.39, 0.29) is 37.4 Å². The average Bonchev–Trinajstić information content (AvgIpc) is 2.76. The van der Waals surface area contributed by atoms with Crippen LogP contribution in [-0.2, 0) is 14.4 Å². The first-order chi connectivity index (χ1) is 14.7. The lowest BCUT2D eigenvalue weighted by molar-refractivity contribution is -0.139. The number of anilines is 1. The van der Waals surface area contributed by atoms with Gasteiger partial charge in [0, 0.05) is 44.7 Å². The second-order valence-electron chi connectivity index (χ2n) is 6.94. The van der Waals surface area contributed by atoms with E-state index in [1.807, 2.05) is 6.92 Å². The largest absolute Gasteiger partial charge is 0.486 e. The van der Waals surface area contributed by atoms with E-state index in [2.05, 4.69) is 14.9 Å². The fourth-order valence-electron chi connectivity index (χ4n) is 2.81. The van der Waals surface area contributed by atoms with Crippen molar-refractivity contribution in [1.82, 2.24) is 14.9 Å². The monoisotopic (exact) mass is 443 g/mol. The lowest BCUT2D eigenvalue weighted by Gasteiger charge is -2.39. The topological polar surface area (TPSA) is 159 Å². The number of carbonyl (C=O) groups is 3. The first-order valence-electron chi connectivity index (χ1n) is 9.28. The van der Waals surface area contributed by atoms with Crippen LogP contribution in [0.25, 0.3) is 0 Å². The molecular weight excluding hydrogens is 413 g/mol. The van der Waals surface area contributed by atoms with Crippen molar-refractivity contribution < 1.29 is 33.7 Å². The zero-order valence-corrected chi connectivity index (χ0v) is 17.9. The molecule has 0 aliphatic carbocycles. The van der Waals surface area contributed by atoms with Gasteiger partial charge in [0.05, 0.1) is 18.7 Å². The molecule has 0 unspecified atom stereocenters. The highest BCUT2D eigenvalue weighted by Crippen LogP contribution is 2.33. The van der Waals surface area contributed by atoms with Gasteiger partial charge in [0.15, 0.2) is 5.75 Å². The van der Waals surface area contributed by atoms with Crippen LogP contribution in [0.4, 0.5) is 10.3 Å². The van der Waals surface area contributed by atoms with E-state index in [1.54, 1.807) is 31.4 Å². The summed E-state index contributed by atoms with van der Waals surface area (Å²) in [5, 5.41) is 13.8. The minimum Gasteiger partial charge on any atom is -0.486 e. The van der Waals surface area contributed by atoms with Crippen molar-refractivity contribution >= 4 is 24.8 Å². The van der Waals surface area contributed by atoms with Crippen molar-refractivity contribution in [1.29, 1.82) is 0 Å². The maximum atomic E-state index is 12.5. The molecule has 1 amide bonds. The van der Waals surface area contributed by atoms with Crippen LogP contribution >= 0.6 is 0 Å². The first-order valence-corrected chi connectivity index (χ1v) is 9.28. The normalized spacial score (nSPS) is 14.7. The van der Waals surface area contributed by atoms with E-state index < -0.39 is 0 Å². The molecule has 0 atom stereocenters. The van der Waals surface area contributed by atoms with Crippen LogP contribution in [0.5, 0.6) is 5.75 Å². The van der Waals surface area contributed by atoms with Gasteiger partial charge in [-0.15, -0.1) is 0 Å². The number of nitrogens with zero attached hydrogens (tertiary/aromatic N) is 4. The Morgan fingerprint density at radius 2 is 1.74 bits per heavy atom. The molecule has 1 aromatic rings. The van der Waals surface area contributed by atoms with Crippen molar-refractivity contribution in [2.45, 2.75) is 19.8 Å². The molecule has 174 valence electrons. The molecule has 11 nitrogen and oxygen atoms in total. The van der Waals surface area contributed by atoms with Gasteiger partial charge in [-0.2, -0.15) is 0 Å². The zero-order chi connectivity index (χ0) is 23.9. The number of aromatic nitrogens is 2. The first kappa shape index (κ1) is 27.7. The van der Waals surface area contributed by atoms with E-state index in [0.717, 1.165) is 25.9 Å². The molecule has 4 N–H and O–H groups in total. The molecule has 2 heterocycles. The number of piperidine rings is 1. The fraction of sp³-hybridized carbons (Fsp3) is 0.526. The Balaban J connectivity index is 0.00000134. The van der Waals surface area contributed by atoms with Crippen LogP contribution in [0.15, 0.2) is 24.3 Å². The third-order valence-corrected chi connectivity index (χ3v) is 4.53. The van der Waals surface area contributed by atoms with Crippen LogP contribution < -0.4 is 15.4 Å². The summed E-state index contributed by atoms with van der Waals surface area (Å²) in [5.41, 5.74) is 5.41. The van der Waals surface area contributed by atoms with Crippen molar-refractivity contribution in [2.24, 2.45) is 11.1 Å². The number of carbonyl (C=O) groups excluding carboxylic acids is 1. The number of rotatable bonds is 6. The maximum Gasteiger partial charge on any atom is 0.290 e. The van der Waals surface area contributed by atoms with Crippen LogP contribution in [0.2, 0.25) is 0 Å². The Bertz CT molecular complexity index is 700. The highest BCUT2D eigenvalue weighted by atomic mass is 19.1. The summed E-state index contributed by atoms with van der Waals surface area (Å²) in [6, 6.07) is 0. The van der Waals surface area contributed by atoms with Crippen molar-refractivity contribution in [2.75, 3.05) is 45.2 Å². The molecular formula is C19H30FN5O6. The van der Waals surface area contributed by atoms with Crippen LogP contribution in [0.3, 0.4) is 0 Å². The van der Waals surface area contributed by atoms with Crippen molar-refractivity contribution in [3.63, 3.8) is 0 Å². The Morgan fingerprint density at radius 3 is 2.13 bits per heavy atom. The summed E-state index contributed by atoms with van der Waals surface area (Å²) in [6.07, 6.45) is 5.09. The number of carboxylic acid groups (broad SMARTS) is 2. The number of nitrogens with two attached hydrogens (primary N) is 1. The average molecular weight is 443 g/mol. The molecule has 1 aromatic heterocycles. The number of amides is 1. The van der Waals surface area contributed by atoms with Crippen LogP contribution in [0, 0.1) is 5.41 Å². The number of hydrogen-bond acceptors (Lipinski definition) is 8. The Kier molecular flexibility index (Phi) is 13.1. The lowest BCUT2D eigenvalue weighted by Crippen LogP contribution is -2.47. The van der Waals surface area contributed by atoms with Gasteiger partial charge in [-0.3, -0.25) is 14.4 Å². The molecule has 1 saturated heterocycles. The molecule has 0 aromatic carbocycles. The Hall–Kier alpha value is -3.28. The zero-order valence-electron chi connectivity index (χ0n) is 17.9. The van der Waals surface area contributed by atoms with Gasteiger partial charge in [0.2, 0.25) is 11.9 Å². The van der Waals surface area contributed by atoms with E-state index >= 15 is 0 Å². The van der Waals surface area contributed by atoms with Crippen molar-refractivity contribution in [3.8, 4) is 5.75 Å². The van der Waals surface area contributed by atoms with Gasteiger partial charge in [0.25, 0.3) is 12.9 Å². The van der Waals surface area contributed by atoms with Gasteiger partial charge >= 0.3 is 0 Å². The molecule has 1 fully saturated rings. The minimum absolute atomic E-state index is 0.0738. The molecule has 0 saturated carbocycles. The number of halogens is 1. The van der Waals surface area contributed by atoms with E-state index in [0.29, 0.717) is 23.6 Å². The quantitative estimate of drug-likeness (QED) is 0.536. The molecule has 31 heavy (non-hydrogen) atoms. The maximum absolute atomic E-state index is 12.5. The molecule has 0 radical (unpaired) electrons. The summed E-state index contributed by atoms with van der Waals surface area (Å²) < 4.78 is 17.9. The Labute approximate surface area is 180 Å². The molecule has 1 aliphatic heterocycles. The molecule has 1 aliphatic rings. The van der Waals surface area contributed by atoms with Crippen LogP contribution in [0.1, 0.15) is 19.8 Å². The standard InChI is InChI=1S/C17H26FN5O2.2CH2O2/c1-17(15(24)22(2)3)4-6-23(7-5-17)16-20-10-14(11-21-16)25-12-13(8-18)9-19;2*2-1-3/h8,10-11H,4-7,9,12,19H2,1-3H3;2*1H,(H,2,3)/b13-8+;;. The number of hydrogen-bond donors (Lipinski definition) is 3. The summed E-state index contributed by atoms with van der Waals surface area (Å²) in [4.78, 5) is 41.4. The fourth-order valence-corrected chi connectivity index (χ4v) is 2.81. The van der Waals surface area contributed by atoms with Gasteiger partial charge in [-0.1, -0.05) is 6.92 Å². The van der Waals surface area contributed by atoms with E-state index in [4.69, 9.17) is 30.3 Å². The minimum atomic E-state index is -0.333. The molecule has 12 heteroatoms. The third kappa shape index (κ3) is 9.38. The third-order valence-electron chi connectivity index (χ3n) is 4.53. The molecule has 0 spiro atoms. The molecule has 0 bridgehead atoms. The lowest BCUT2D eigenvalue weighted by atomic mass is 9.79. The SMILES string of the molecule is CN(C)C(=O)C1(C)CCN(c2ncc(OC/C(=C/F)CN)cn2)CC1.O=CO.O=CO. The highest BCUT2D eigenvalue weighted by molar-refractivity contribution is 5.82. The van der Waals surface area contributed by atoms with Crippen LogP contribution in [-0.4, -0.2) is 84.3 Å². The second kappa shape index (κ2) is 14.7. The van der Waals surface area contributed by atoms with E-state index in [1.165, 1.54) is 0 Å². The summed E-state index contributed by atoms with van der Waals surface area (Å²) >= 11 is 0. The predicted octanol–water partition coefficient (Wildman–Crippen LogP) is 0.764. The molecule has 2 rings (SSSR count).